The van der Waals surface area contributed by atoms with E-state index in [0.717, 1.165) is 6.42 Å². The summed E-state index contributed by atoms with van der Waals surface area (Å²) in [5, 5.41) is 1.51. The Morgan fingerprint density at radius 3 is 2.50 bits per heavy atom. The average Bonchev–Trinajstić information content (AvgIpc) is 2.04. The molecular weight excluding hydrogens is 154 g/mol. The van der Waals surface area contributed by atoms with Crippen LogP contribution in [0.1, 0.15) is 27.2 Å². The summed E-state index contributed by atoms with van der Waals surface area (Å²) in [6.45, 7) is 6.37. The second kappa shape index (κ2) is 5.77. The molecule has 3 nitrogen and oxygen atoms in total. The van der Waals surface area contributed by atoms with Gasteiger partial charge in [-0.25, -0.2) is 4.79 Å². The molecule has 0 amide bonds. The Morgan fingerprint density at radius 1 is 1.50 bits per heavy atom. The monoisotopic (exact) mass is 171 g/mol. The maximum absolute atomic E-state index is 11.2. The van der Waals surface area contributed by atoms with Crippen molar-refractivity contribution >= 4 is 5.97 Å². The van der Waals surface area contributed by atoms with Crippen molar-refractivity contribution < 1.29 is 9.63 Å². The van der Waals surface area contributed by atoms with E-state index in [9.17, 15) is 4.79 Å². The fourth-order valence-electron chi connectivity index (χ4n) is 0.668. The maximum atomic E-state index is 11.2. The maximum Gasteiger partial charge on any atom is 0.352 e. The third kappa shape index (κ3) is 4.13. The van der Waals surface area contributed by atoms with Crippen LogP contribution in [-0.4, -0.2) is 24.6 Å². The second-order valence-electron chi connectivity index (χ2n) is 2.62. The Hall–Kier alpha value is -0.830. The van der Waals surface area contributed by atoms with Crippen molar-refractivity contribution in [1.82, 2.24) is 5.06 Å². The van der Waals surface area contributed by atoms with Gasteiger partial charge in [-0.1, -0.05) is 13.0 Å². The highest BCUT2D eigenvalue weighted by Crippen LogP contribution is 1.99. The molecule has 0 aromatic heterocycles. The molecule has 3 heteroatoms. The molecule has 12 heavy (non-hydrogen) atoms. The van der Waals surface area contributed by atoms with E-state index in [2.05, 4.69) is 0 Å². The number of hydrogen-bond donors (Lipinski definition) is 0. The van der Waals surface area contributed by atoms with Gasteiger partial charge in [0, 0.05) is 19.2 Å². The van der Waals surface area contributed by atoms with E-state index in [0.29, 0.717) is 12.1 Å². The van der Waals surface area contributed by atoms with E-state index < -0.39 is 0 Å². The van der Waals surface area contributed by atoms with E-state index in [1.54, 1.807) is 14.0 Å². The molecular formula is C9H17NO2. The van der Waals surface area contributed by atoms with E-state index in [4.69, 9.17) is 4.84 Å². The first-order chi connectivity index (χ1) is 5.61. The van der Waals surface area contributed by atoms with Gasteiger partial charge in [-0.2, -0.15) is 0 Å². The molecule has 0 aliphatic rings. The van der Waals surface area contributed by atoms with Crippen LogP contribution in [0.4, 0.5) is 0 Å². The Morgan fingerprint density at radius 2 is 2.08 bits per heavy atom. The molecule has 0 aromatic carbocycles. The molecule has 0 fully saturated rings. The molecule has 0 spiro atoms. The average molecular weight is 171 g/mol. The van der Waals surface area contributed by atoms with Gasteiger partial charge in [-0.3, -0.25) is 0 Å². The molecule has 0 heterocycles. The van der Waals surface area contributed by atoms with Gasteiger partial charge in [-0.15, -0.1) is 5.06 Å². The highest BCUT2D eigenvalue weighted by Gasteiger charge is 2.07. The molecule has 0 saturated carbocycles. The number of rotatable bonds is 4. The van der Waals surface area contributed by atoms with Crippen LogP contribution in [0.3, 0.4) is 0 Å². The third-order valence-electron chi connectivity index (χ3n) is 1.52. The van der Waals surface area contributed by atoms with Crippen LogP contribution in [0.5, 0.6) is 0 Å². The summed E-state index contributed by atoms with van der Waals surface area (Å²) >= 11 is 0. The third-order valence-corrected chi connectivity index (χ3v) is 1.52. The standard InChI is InChI=1S/C9H17NO2/c1-5-7-8(3)9(11)12-10(4)6-2/h7H,5-6H2,1-4H3. The highest BCUT2D eigenvalue weighted by atomic mass is 16.7. The predicted molar refractivity (Wildman–Crippen MR) is 48.4 cm³/mol. The molecule has 0 aliphatic heterocycles. The smallest absolute Gasteiger partial charge is 0.352 e. The number of carbonyl (C=O) groups is 1. The van der Waals surface area contributed by atoms with Crippen LogP contribution in [0.15, 0.2) is 11.6 Å². The van der Waals surface area contributed by atoms with Crippen molar-refractivity contribution in [2.45, 2.75) is 27.2 Å². The molecule has 0 radical (unpaired) electrons. The second-order valence-corrected chi connectivity index (χ2v) is 2.62. The lowest BCUT2D eigenvalue weighted by molar-refractivity contribution is -0.177. The van der Waals surface area contributed by atoms with Crippen molar-refractivity contribution in [3.63, 3.8) is 0 Å². The number of hydrogen-bond acceptors (Lipinski definition) is 3. The molecule has 0 saturated heterocycles. The van der Waals surface area contributed by atoms with Crippen LogP contribution < -0.4 is 0 Å². The molecule has 0 aromatic rings. The summed E-state index contributed by atoms with van der Waals surface area (Å²) in [6.07, 6.45) is 2.71. The summed E-state index contributed by atoms with van der Waals surface area (Å²) in [7, 11) is 1.73. The zero-order valence-corrected chi connectivity index (χ0v) is 8.26. The Labute approximate surface area is 74.0 Å². The largest absolute Gasteiger partial charge is 0.364 e. The molecule has 0 aliphatic carbocycles. The quantitative estimate of drug-likeness (QED) is 0.476. The van der Waals surface area contributed by atoms with Gasteiger partial charge in [0.05, 0.1) is 0 Å². The van der Waals surface area contributed by atoms with Crippen molar-refractivity contribution in [2.75, 3.05) is 13.6 Å². The molecule has 0 rings (SSSR count). The number of carbonyl (C=O) groups excluding carboxylic acids is 1. The van der Waals surface area contributed by atoms with E-state index >= 15 is 0 Å². The van der Waals surface area contributed by atoms with E-state index in [1.807, 2.05) is 19.9 Å². The summed E-state index contributed by atoms with van der Waals surface area (Å²) in [4.78, 5) is 16.1. The number of allylic oxidation sites excluding steroid dienone is 1. The lowest BCUT2D eigenvalue weighted by Gasteiger charge is -2.13. The fourth-order valence-corrected chi connectivity index (χ4v) is 0.668. The summed E-state index contributed by atoms with van der Waals surface area (Å²) in [5.41, 5.74) is 0.665. The lowest BCUT2D eigenvalue weighted by Crippen LogP contribution is -2.23. The minimum absolute atomic E-state index is 0.263. The van der Waals surface area contributed by atoms with Crippen molar-refractivity contribution in [2.24, 2.45) is 0 Å². The highest BCUT2D eigenvalue weighted by molar-refractivity contribution is 5.87. The van der Waals surface area contributed by atoms with Crippen molar-refractivity contribution in [1.29, 1.82) is 0 Å². The minimum atomic E-state index is -0.263. The first kappa shape index (κ1) is 11.2. The molecule has 0 bridgehead atoms. The van der Waals surface area contributed by atoms with Gasteiger partial charge in [0.25, 0.3) is 0 Å². The topological polar surface area (TPSA) is 29.5 Å². The summed E-state index contributed by atoms with van der Waals surface area (Å²) in [5.74, 6) is -0.263. The summed E-state index contributed by atoms with van der Waals surface area (Å²) < 4.78 is 0. The van der Waals surface area contributed by atoms with Crippen LogP contribution in [0.25, 0.3) is 0 Å². The van der Waals surface area contributed by atoms with Gasteiger partial charge in [0.2, 0.25) is 0 Å². The Bertz CT molecular complexity index is 175. The molecule has 0 N–H and O–H groups in total. The SMILES string of the molecule is CCC=C(C)C(=O)ON(C)CC. The fraction of sp³-hybridized carbons (Fsp3) is 0.667. The van der Waals surface area contributed by atoms with Gasteiger partial charge < -0.3 is 4.84 Å². The number of nitrogens with zero attached hydrogens (tertiary/aromatic N) is 1. The van der Waals surface area contributed by atoms with Crippen molar-refractivity contribution in [3.05, 3.63) is 11.6 Å². The van der Waals surface area contributed by atoms with Gasteiger partial charge >= 0.3 is 5.97 Å². The Kier molecular flexibility index (Phi) is 5.37. The first-order valence-electron chi connectivity index (χ1n) is 4.22. The van der Waals surface area contributed by atoms with Crippen molar-refractivity contribution in [3.8, 4) is 0 Å². The van der Waals surface area contributed by atoms with Gasteiger partial charge in [0.15, 0.2) is 0 Å². The molecule has 0 unspecified atom stereocenters. The van der Waals surface area contributed by atoms with Crippen LogP contribution >= 0.6 is 0 Å². The van der Waals surface area contributed by atoms with E-state index in [1.165, 1.54) is 5.06 Å². The Balaban J connectivity index is 3.95. The molecule has 0 atom stereocenters. The first-order valence-corrected chi connectivity index (χ1v) is 4.22. The van der Waals surface area contributed by atoms with Crippen LogP contribution in [-0.2, 0) is 9.63 Å². The van der Waals surface area contributed by atoms with Crippen LogP contribution in [0.2, 0.25) is 0 Å². The normalized spacial score (nSPS) is 11.9. The zero-order chi connectivity index (χ0) is 9.56. The van der Waals surface area contributed by atoms with E-state index in [-0.39, 0.29) is 5.97 Å². The minimum Gasteiger partial charge on any atom is -0.364 e. The van der Waals surface area contributed by atoms with Gasteiger partial charge in [-0.05, 0) is 20.3 Å². The molecule has 70 valence electrons. The van der Waals surface area contributed by atoms with Gasteiger partial charge in [0.1, 0.15) is 0 Å². The lowest BCUT2D eigenvalue weighted by atomic mass is 10.2. The zero-order valence-electron chi connectivity index (χ0n) is 8.26. The predicted octanol–water partition coefficient (Wildman–Crippen LogP) is 1.75. The summed E-state index contributed by atoms with van der Waals surface area (Å²) in [6, 6.07) is 0. The van der Waals surface area contributed by atoms with Crippen LogP contribution in [0, 0.1) is 0 Å². The number of hydroxylamine groups is 2.